The van der Waals surface area contributed by atoms with E-state index in [-0.39, 0.29) is 17.8 Å². The van der Waals surface area contributed by atoms with Gasteiger partial charge in [0.25, 0.3) is 0 Å². The third-order valence-corrected chi connectivity index (χ3v) is 7.37. The highest BCUT2D eigenvalue weighted by Crippen LogP contribution is 2.33. The maximum Gasteiger partial charge on any atom is 0.341 e. The fourth-order valence-corrected chi connectivity index (χ4v) is 5.12. The van der Waals surface area contributed by atoms with Gasteiger partial charge in [-0.05, 0) is 51.8 Å². The summed E-state index contributed by atoms with van der Waals surface area (Å²) in [6, 6.07) is 6.03. The van der Waals surface area contributed by atoms with Gasteiger partial charge in [0.15, 0.2) is 17.1 Å². The zero-order valence-corrected chi connectivity index (χ0v) is 21.4. The van der Waals surface area contributed by atoms with E-state index in [2.05, 4.69) is 21.6 Å². The minimum atomic E-state index is -0.462. The summed E-state index contributed by atoms with van der Waals surface area (Å²) in [5.74, 6) is 0.878. The Hall–Kier alpha value is -2.85. The number of ether oxygens (including phenoxy) is 2. The number of hydrogen-bond acceptors (Lipinski definition) is 8. The summed E-state index contributed by atoms with van der Waals surface area (Å²) in [5.41, 5.74) is 3.44. The van der Waals surface area contributed by atoms with Crippen LogP contribution in [0.5, 0.6) is 5.75 Å². The Morgan fingerprint density at radius 1 is 1.21 bits per heavy atom. The lowest BCUT2D eigenvalue weighted by Gasteiger charge is -2.16. The molecule has 0 fully saturated rings. The number of thioether (sulfide) groups is 1. The number of esters is 1. The zero-order chi connectivity index (χ0) is 24.3. The fraction of sp³-hybridized carbons (Fsp3) is 0.391. The van der Waals surface area contributed by atoms with E-state index in [0.29, 0.717) is 21.5 Å². The molecule has 0 aliphatic carbocycles. The van der Waals surface area contributed by atoms with Gasteiger partial charge in [0.1, 0.15) is 10.8 Å². The Labute approximate surface area is 201 Å². The minimum Gasteiger partial charge on any atom is -0.482 e. The van der Waals surface area contributed by atoms with E-state index < -0.39 is 5.97 Å². The number of hydrogen-bond donors (Lipinski definition) is 1. The van der Waals surface area contributed by atoms with Crippen LogP contribution >= 0.6 is 23.1 Å². The number of methoxy groups -OCH3 is 1. The number of benzene rings is 1. The number of amides is 1. The molecule has 2 aromatic heterocycles. The van der Waals surface area contributed by atoms with Crippen molar-refractivity contribution in [3.63, 3.8) is 0 Å². The standard InChI is InChI=1S/C23H28N4O4S2/c1-12-8-9-17(13(2)10-12)31-15(4)20-25-26-23(27(20)6)32-11-18(28)24-21-19(22(29)30-7)14(3)16(5)33-21/h8-10,15H,11H2,1-7H3,(H,24,28). The molecule has 10 heteroatoms. The van der Waals surface area contributed by atoms with Gasteiger partial charge in [-0.2, -0.15) is 0 Å². The number of nitrogens with zero attached hydrogens (tertiary/aromatic N) is 3. The van der Waals surface area contributed by atoms with Crippen LogP contribution in [-0.2, 0) is 16.6 Å². The monoisotopic (exact) mass is 488 g/mol. The summed E-state index contributed by atoms with van der Waals surface area (Å²) in [7, 11) is 3.17. The Kier molecular flexibility index (Phi) is 7.80. The number of aromatic nitrogens is 3. The van der Waals surface area contributed by atoms with E-state index >= 15 is 0 Å². The Morgan fingerprint density at radius 2 is 1.94 bits per heavy atom. The molecule has 0 saturated carbocycles. The first-order chi connectivity index (χ1) is 15.6. The number of rotatable bonds is 8. The van der Waals surface area contributed by atoms with Gasteiger partial charge in [0, 0.05) is 11.9 Å². The smallest absolute Gasteiger partial charge is 0.341 e. The predicted octanol–water partition coefficient (Wildman–Crippen LogP) is 4.77. The molecule has 1 N–H and O–H groups in total. The molecule has 0 saturated heterocycles. The molecule has 1 aromatic carbocycles. The summed E-state index contributed by atoms with van der Waals surface area (Å²) in [6.07, 6.45) is -0.313. The van der Waals surface area contributed by atoms with Crippen molar-refractivity contribution in [2.45, 2.75) is 45.9 Å². The van der Waals surface area contributed by atoms with Crippen LogP contribution in [0.25, 0.3) is 0 Å². The molecule has 33 heavy (non-hydrogen) atoms. The van der Waals surface area contributed by atoms with Crippen LogP contribution in [0.15, 0.2) is 23.4 Å². The highest BCUT2D eigenvalue weighted by molar-refractivity contribution is 7.99. The highest BCUT2D eigenvalue weighted by atomic mass is 32.2. The van der Waals surface area contributed by atoms with Gasteiger partial charge in [-0.3, -0.25) is 4.79 Å². The van der Waals surface area contributed by atoms with Gasteiger partial charge in [-0.15, -0.1) is 21.5 Å². The molecule has 0 radical (unpaired) electrons. The van der Waals surface area contributed by atoms with Gasteiger partial charge >= 0.3 is 5.97 Å². The third-order valence-electron chi connectivity index (χ3n) is 5.23. The van der Waals surface area contributed by atoms with E-state index in [9.17, 15) is 9.59 Å². The van der Waals surface area contributed by atoms with Gasteiger partial charge in [-0.25, -0.2) is 4.79 Å². The number of aryl methyl sites for hydroxylation is 3. The maximum atomic E-state index is 12.6. The van der Waals surface area contributed by atoms with Gasteiger partial charge < -0.3 is 19.4 Å². The van der Waals surface area contributed by atoms with Crippen LogP contribution in [0.2, 0.25) is 0 Å². The second-order valence-corrected chi connectivity index (χ2v) is 9.91. The summed E-state index contributed by atoms with van der Waals surface area (Å²) >= 11 is 2.62. The number of carbonyl (C=O) groups is 2. The van der Waals surface area contributed by atoms with E-state index in [4.69, 9.17) is 9.47 Å². The van der Waals surface area contributed by atoms with E-state index in [0.717, 1.165) is 21.8 Å². The van der Waals surface area contributed by atoms with E-state index in [1.54, 1.807) is 0 Å². The second kappa shape index (κ2) is 10.4. The minimum absolute atomic E-state index is 0.120. The molecule has 0 spiro atoms. The van der Waals surface area contributed by atoms with Crippen LogP contribution in [0.3, 0.4) is 0 Å². The summed E-state index contributed by atoms with van der Waals surface area (Å²) in [5, 5.41) is 12.4. The molecule has 3 rings (SSSR count). The molecule has 1 amide bonds. The number of nitrogens with one attached hydrogen (secondary N) is 1. The van der Waals surface area contributed by atoms with Crippen LogP contribution in [0.4, 0.5) is 5.00 Å². The molecule has 1 atom stereocenters. The number of thiophene rings is 1. The Balaban J connectivity index is 1.64. The van der Waals surface area contributed by atoms with Crippen molar-refractivity contribution in [2.24, 2.45) is 7.05 Å². The molecule has 3 aromatic rings. The molecule has 0 aliphatic heterocycles. The molecule has 0 aliphatic rings. The van der Waals surface area contributed by atoms with Crippen molar-refractivity contribution in [2.75, 3.05) is 18.2 Å². The normalized spacial score (nSPS) is 11.8. The first kappa shape index (κ1) is 24.8. The molecule has 176 valence electrons. The van der Waals surface area contributed by atoms with E-state index in [1.165, 1.54) is 35.8 Å². The summed E-state index contributed by atoms with van der Waals surface area (Å²) in [4.78, 5) is 25.6. The molecule has 1 unspecified atom stereocenters. The van der Waals surface area contributed by atoms with Crippen molar-refractivity contribution in [1.29, 1.82) is 0 Å². The average molecular weight is 489 g/mol. The SMILES string of the molecule is COC(=O)c1c(NC(=O)CSc2nnc(C(C)Oc3ccc(C)cc3C)n2C)sc(C)c1C. The lowest BCUT2D eigenvalue weighted by molar-refractivity contribution is -0.113. The number of anilines is 1. The largest absolute Gasteiger partial charge is 0.482 e. The van der Waals surface area contributed by atoms with Crippen LogP contribution in [0.1, 0.15) is 50.8 Å². The van der Waals surface area contributed by atoms with Crippen LogP contribution < -0.4 is 10.1 Å². The average Bonchev–Trinajstić information content (AvgIpc) is 3.26. The first-order valence-electron chi connectivity index (χ1n) is 10.4. The number of carbonyl (C=O) groups excluding carboxylic acids is 2. The summed E-state index contributed by atoms with van der Waals surface area (Å²) in [6.45, 7) is 9.71. The highest BCUT2D eigenvalue weighted by Gasteiger charge is 2.22. The fourth-order valence-electron chi connectivity index (χ4n) is 3.34. The van der Waals surface area contributed by atoms with Crippen molar-refractivity contribution in [1.82, 2.24) is 14.8 Å². The third kappa shape index (κ3) is 5.56. The molecule has 0 bridgehead atoms. The predicted molar refractivity (Wildman–Crippen MR) is 130 cm³/mol. The lowest BCUT2D eigenvalue weighted by Crippen LogP contribution is -2.16. The van der Waals surface area contributed by atoms with Crippen LogP contribution in [0, 0.1) is 27.7 Å². The quantitative estimate of drug-likeness (QED) is 0.360. The van der Waals surface area contributed by atoms with E-state index in [1.807, 2.05) is 58.4 Å². The van der Waals surface area contributed by atoms with Gasteiger partial charge in [0.05, 0.1) is 18.4 Å². The van der Waals surface area contributed by atoms with Crippen molar-refractivity contribution in [3.8, 4) is 5.75 Å². The van der Waals surface area contributed by atoms with Crippen LogP contribution in [-0.4, -0.2) is 39.5 Å². The molecular formula is C23H28N4O4S2. The zero-order valence-electron chi connectivity index (χ0n) is 19.8. The molecule has 8 nitrogen and oxygen atoms in total. The van der Waals surface area contributed by atoms with Gasteiger partial charge in [-0.1, -0.05) is 29.5 Å². The maximum absolute atomic E-state index is 12.6. The molecular weight excluding hydrogens is 460 g/mol. The second-order valence-electron chi connectivity index (χ2n) is 7.74. The first-order valence-corrected chi connectivity index (χ1v) is 12.2. The molecule has 2 heterocycles. The Morgan fingerprint density at radius 3 is 2.61 bits per heavy atom. The van der Waals surface area contributed by atoms with Crippen molar-refractivity contribution < 1.29 is 19.1 Å². The Bertz CT molecular complexity index is 1190. The van der Waals surface area contributed by atoms with Gasteiger partial charge in [0.2, 0.25) is 5.91 Å². The lowest BCUT2D eigenvalue weighted by atomic mass is 10.1. The van der Waals surface area contributed by atoms with Crippen molar-refractivity contribution in [3.05, 3.63) is 51.2 Å². The summed E-state index contributed by atoms with van der Waals surface area (Å²) < 4.78 is 12.8. The van der Waals surface area contributed by atoms with Crippen molar-refractivity contribution >= 4 is 40.0 Å². The topological polar surface area (TPSA) is 95.3 Å².